The second kappa shape index (κ2) is 4.00. The first-order valence-corrected chi connectivity index (χ1v) is 5.28. The normalized spacial score (nSPS) is 27.7. The molecule has 1 aliphatic heterocycles. The lowest BCUT2D eigenvalue weighted by atomic mass is 10.2. The topological polar surface area (TPSA) is 57.6 Å². The monoisotopic (exact) mass is 203 g/mol. The number of carboxylic acid groups (broad SMARTS) is 1. The first-order valence-electron chi connectivity index (χ1n) is 4.23. The first kappa shape index (κ1) is 10.4. The SMILES string of the molecule is CCC(=O)N1C(C)SCC1C(=O)O. The summed E-state index contributed by atoms with van der Waals surface area (Å²) in [5.41, 5.74) is 0. The van der Waals surface area contributed by atoms with Gasteiger partial charge in [0.2, 0.25) is 5.91 Å². The molecule has 2 atom stereocenters. The molecule has 0 aromatic rings. The van der Waals surface area contributed by atoms with Crippen molar-refractivity contribution < 1.29 is 14.7 Å². The maximum atomic E-state index is 11.4. The van der Waals surface area contributed by atoms with E-state index < -0.39 is 12.0 Å². The molecule has 0 aromatic heterocycles. The lowest BCUT2D eigenvalue weighted by Crippen LogP contribution is -2.44. The molecule has 4 nitrogen and oxygen atoms in total. The number of carboxylic acids is 1. The van der Waals surface area contributed by atoms with Crippen LogP contribution in [0.25, 0.3) is 0 Å². The summed E-state index contributed by atoms with van der Waals surface area (Å²) >= 11 is 1.51. The predicted molar refractivity (Wildman–Crippen MR) is 50.5 cm³/mol. The fraction of sp³-hybridized carbons (Fsp3) is 0.750. The van der Waals surface area contributed by atoms with Crippen LogP contribution in [-0.2, 0) is 9.59 Å². The molecule has 0 saturated carbocycles. The smallest absolute Gasteiger partial charge is 0.327 e. The predicted octanol–water partition coefficient (Wildman–Crippen LogP) is 0.771. The van der Waals surface area contributed by atoms with Gasteiger partial charge in [-0.05, 0) is 6.92 Å². The summed E-state index contributed by atoms with van der Waals surface area (Å²) in [6.45, 7) is 3.61. The molecule has 0 aromatic carbocycles. The summed E-state index contributed by atoms with van der Waals surface area (Å²) in [6.07, 6.45) is 0.370. The molecular formula is C8H13NO3S. The van der Waals surface area contributed by atoms with Crippen molar-refractivity contribution in [3.05, 3.63) is 0 Å². The van der Waals surface area contributed by atoms with Crippen molar-refractivity contribution >= 4 is 23.6 Å². The van der Waals surface area contributed by atoms with Gasteiger partial charge in [0, 0.05) is 12.2 Å². The van der Waals surface area contributed by atoms with Gasteiger partial charge in [-0.2, -0.15) is 0 Å². The zero-order chi connectivity index (χ0) is 10.0. The van der Waals surface area contributed by atoms with Gasteiger partial charge in [0.05, 0.1) is 5.37 Å². The first-order chi connectivity index (χ1) is 6.07. The van der Waals surface area contributed by atoms with Crippen LogP contribution >= 0.6 is 11.8 Å². The Balaban J connectivity index is 2.76. The van der Waals surface area contributed by atoms with Crippen LogP contribution in [0.2, 0.25) is 0 Å². The molecule has 0 bridgehead atoms. The molecule has 13 heavy (non-hydrogen) atoms. The van der Waals surface area contributed by atoms with Gasteiger partial charge >= 0.3 is 5.97 Å². The Morgan fingerprint density at radius 1 is 1.62 bits per heavy atom. The fourth-order valence-corrected chi connectivity index (χ4v) is 2.58. The molecule has 0 spiro atoms. The van der Waals surface area contributed by atoms with Crippen LogP contribution in [0.4, 0.5) is 0 Å². The Morgan fingerprint density at radius 2 is 2.23 bits per heavy atom. The zero-order valence-electron chi connectivity index (χ0n) is 7.69. The van der Waals surface area contributed by atoms with Gasteiger partial charge in [-0.15, -0.1) is 11.8 Å². The number of thioether (sulfide) groups is 1. The Labute approximate surface area is 81.3 Å². The van der Waals surface area contributed by atoms with Gasteiger partial charge in [0.1, 0.15) is 6.04 Å². The van der Waals surface area contributed by atoms with E-state index in [0.717, 1.165) is 0 Å². The number of hydrogen-bond acceptors (Lipinski definition) is 3. The molecule has 1 saturated heterocycles. The summed E-state index contributed by atoms with van der Waals surface area (Å²) in [4.78, 5) is 23.6. The minimum Gasteiger partial charge on any atom is -0.480 e. The van der Waals surface area contributed by atoms with Crippen LogP contribution in [-0.4, -0.2) is 39.1 Å². The number of hydrogen-bond donors (Lipinski definition) is 1. The van der Waals surface area contributed by atoms with Crippen molar-refractivity contribution in [1.29, 1.82) is 0 Å². The highest BCUT2D eigenvalue weighted by molar-refractivity contribution is 8.00. The van der Waals surface area contributed by atoms with Gasteiger partial charge in [-0.25, -0.2) is 4.79 Å². The van der Waals surface area contributed by atoms with E-state index in [9.17, 15) is 9.59 Å². The molecule has 5 heteroatoms. The maximum Gasteiger partial charge on any atom is 0.327 e. The second-order valence-electron chi connectivity index (χ2n) is 2.94. The van der Waals surface area contributed by atoms with Crippen molar-refractivity contribution in [2.45, 2.75) is 31.7 Å². The third-order valence-electron chi connectivity index (χ3n) is 2.10. The molecule has 1 fully saturated rings. The fourth-order valence-electron chi connectivity index (χ4n) is 1.39. The summed E-state index contributed by atoms with van der Waals surface area (Å²) in [5.74, 6) is -0.481. The van der Waals surface area contributed by atoms with Crippen molar-refractivity contribution in [1.82, 2.24) is 4.90 Å². The molecule has 0 aliphatic carbocycles. The van der Waals surface area contributed by atoms with Gasteiger partial charge in [0.25, 0.3) is 0 Å². The molecule has 1 amide bonds. The lowest BCUT2D eigenvalue weighted by molar-refractivity contribution is -0.148. The number of carbonyl (C=O) groups is 2. The van der Waals surface area contributed by atoms with Crippen LogP contribution in [0.1, 0.15) is 20.3 Å². The van der Waals surface area contributed by atoms with Gasteiger partial charge in [-0.3, -0.25) is 4.79 Å². The standard InChI is InChI=1S/C8H13NO3S/c1-3-7(10)9-5(2)13-4-6(9)8(11)12/h5-6H,3-4H2,1-2H3,(H,11,12). The Hall–Kier alpha value is -0.710. The van der Waals surface area contributed by atoms with Crippen molar-refractivity contribution in [3.8, 4) is 0 Å². The number of carbonyl (C=O) groups excluding carboxylic acids is 1. The van der Waals surface area contributed by atoms with E-state index in [4.69, 9.17) is 5.11 Å². The quantitative estimate of drug-likeness (QED) is 0.720. The average Bonchev–Trinajstić information content (AvgIpc) is 2.46. The second-order valence-corrected chi connectivity index (χ2v) is 4.29. The van der Waals surface area contributed by atoms with E-state index in [0.29, 0.717) is 12.2 Å². The van der Waals surface area contributed by atoms with Crippen molar-refractivity contribution in [2.75, 3.05) is 5.75 Å². The number of rotatable bonds is 2. The van der Waals surface area contributed by atoms with Crippen LogP contribution in [0.5, 0.6) is 0 Å². The minimum atomic E-state index is -0.904. The summed E-state index contributed by atoms with van der Waals surface area (Å²) in [5, 5.41) is 8.83. The highest BCUT2D eigenvalue weighted by Crippen LogP contribution is 2.29. The third kappa shape index (κ3) is 1.96. The van der Waals surface area contributed by atoms with Crippen LogP contribution in [0, 0.1) is 0 Å². The molecule has 1 aliphatic rings. The van der Waals surface area contributed by atoms with Crippen LogP contribution in [0.15, 0.2) is 0 Å². The highest BCUT2D eigenvalue weighted by atomic mass is 32.2. The van der Waals surface area contributed by atoms with Crippen LogP contribution < -0.4 is 0 Å². The molecule has 0 radical (unpaired) electrons. The summed E-state index contributed by atoms with van der Waals surface area (Å²) in [6, 6.07) is -0.632. The zero-order valence-corrected chi connectivity index (χ0v) is 8.50. The highest BCUT2D eigenvalue weighted by Gasteiger charge is 2.38. The van der Waals surface area contributed by atoms with Crippen molar-refractivity contribution in [3.63, 3.8) is 0 Å². The van der Waals surface area contributed by atoms with E-state index in [-0.39, 0.29) is 11.3 Å². The number of nitrogens with zero attached hydrogens (tertiary/aromatic N) is 1. The molecule has 1 heterocycles. The van der Waals surface area contributed by atoms with Crippen molar-refractivity contribution in [2.24, 2.45) is 0 Å². The summed E-state index contributed by atoms with van der Waals surface area (Å²) in [7, 11) is 0. The van der Waals surface area contributed by atoms with E-state index in [1.54, 1.807) is 6.92 Å². The van der Waals surface area contributed by atoms with Crippen LogP contribution in [0.3, 0.4) is 0 Å². The van der Waals surface area contributed by atoms with E-state index in [2.05, 4.69) is 0 Å². The Bertz CT molecular complexity index is 231. The van der Waals surface area contributed by atoms with E-state index >= 15 is 0 Å². The Kier molecular flexibility index (Phi) is 3.19. The molecular weight excluding hydrogens is 190 g/mol. The average molecular weight is 203 g/mol. The number of amides is 1. The molecule has 1 N–H and O–H groups in total. The lowest BCUT2D eigenvalue weighted by Gasteiger charge is -2.24. The molecule has 74 valence electrons. The minimum absolute atomic E-state index is 0.00597. The van der Waals surface area contributed by atoms with Gasteiger partial charge in [0.15, 0.2) is 0 Å². The molecule has 1 rings (SSSR count). The van der Waals surface area contributed by atoms with Gasteiger partial charge in [-0.1, -0.05) is 6.92 Å². The van der Waals surface area contributed by atoms with Gasteiger partial charge < -0.3 is 10.0 Å². The van der Waals surface area contributed by atoms with E-state index in [1.165, 1.54) is 16.7 Å². The molecule has 2 unspecified atom stereocenters. The number of aliphatic carboxylic acids is 1. The Morgan fingerprint density at radius 3 is 2.69 bits per heavy atom. The third-order valence-corrected chi connectivity index (χ3v) is 3.32. The van der Waals surface area contributed by atoms with E-state index in [1.807, 2.05) is 6.92 Å². The maximum absolute atomic E-state index is 11.4. The largest absolute Gasteiger partial charge is 0.480 e. The summed E-state index contributed by atoms with van der Waals surface area (Å²) < 4.78 is 0.